The standard InChI is InChI=1S/C7H13NO3S/c1-6(9)12-5-4-11-7(10)8(2)3/h4-5H2,1-3H3. The molecule has 0 aromatic rings. The van der Waals surface area contributed by atoms with E-state index in [4.69, 9.17) is 4.74 Å². The van der Waals surface area contributed by atoms with Crippen LogP contribution in [-0.2, 0) is 9.53 Å². The lowest BCUT2D eigenvalue weighted by atomic mass is 10.8. The zero-order chi connectivity index (χ0) is 9.56. The van der Waals surface area contributed by atoms with Gasteiger partial charge < -0.3 is 9.64 Å². The van der Waals surface area contributed by atoms with Gasteiger partial charge in [0.05, 0.1) is 0 Å². The van der Waals surface area contributed by atoms with Gasteiger partial charge in [-0.05, 0) is 0 Å². The average molecular weight is 191 g/mol. The molecule has 0 unspecified atom stereocenters. The zero-order valence-electron chi connectivity index (χ0n) is 7.49. The van der Waals surface area contributed by atoms with Crippen LogP contribution in [0.5, 0.6) is 0 Å². The van der Waals surface area contributed by atoms with E-state index in [-0.39, 0.29) is 17.8 Å². The van der Waals surface area contributed by atoms with E-state index in [1.165, 1.54) is 11.8 Å². The lowest BCUT2D eigenvalue weighted by molar-refractivity contribution is -0.109. The van der Waals surface area contributed by atoms with Gasteiger partial charge in [0.1, 0.15) is 6.61 Å². The number of nitrogens with zero attached hydrogens (tertiary/aromatic N) is 1. The van der Waals surface area contributed by atoms with E-state index in [2.05, 4.69) is 0 Å². The summed E-state index contributed by atoms with van der Waals surface area (Å²) < 4.78 is 4.77. The third-order valence-electron chi connectivity index (χ3n) is 0.979. The Morgan fingerprint density at radius 3 is 2.42 bits per heavy atom. The number of ether oxygens (including phenoxy) is 1. The Kier molecular flexibility index (Phi) is 5.53. The zero-order valence-corrected chi connectivity index (χ0v) is 8.31. The summed E-state index contributed by atoms with van der Waals surface area (Å²) in [6, 6.07) is 0. The van der Waals surface area contributed by atoms with Crippen molar-refractivity contribution in [1.29, 1.82) is 0 Å². The molecule has 12 heavy (non-hydrogen) atoms. The molecule has 1 amide bonds. The molecule has 0 atom stereocenters. The maximum Gasteiger partial charge on any atom is 0.409 e. The van der Waals surface area contributed by atoms with E-state index < -0.39 is 0 Å². The van der Waals surface area contributed by atoms with E-state index >= 15 is 0 Å². The minimum atomic E-state index is -0.376. The Labute approximate surface area is 76.2 Å². The second kappa shape index (κ2) is 5.88. The molecule has 0 aliphatic carbocycles. The molecule has 0 bridgehead atoms. The van der Waals surface area contributed by atoms with Gasteiger partial charge in [0.25, 0.3) is 0 Å². The van der Waals surface area contributed by atoms with Crippen molar-refractivity contribution in [3.8, 4) is 0 Å². The fraction of sp³-hybridized carbons (Fsp3) is 0.714. The molecule has 0 aliphatic rings. The highest BCUT2D eigenvalue weighted by molar-refractivity contribution is 8.13. The predicted octanol–water partition coefficient (Wildman–Crippen LogP) is 0.964. The van der Waals surface area contributed by atoms with Crippen molar-refractivity contribution in [3.05, 3.63) is 0 Å². The molecule has 0 N–H and O–H groups in total. The van der Waals surface area contributed by atoms with Gasteiger partial charge in [-0.3, -0.25) is 4.79 Å². The van der Waals surface area contributed by atoms with Crippen LogP contribution >= 0.6 is 11.8 Å². The highest BCUT2D eigenvalue weighted by Gasteiger charge is 2.03. The van der Waals surface area contributed by atoms with E-state index in [0.717, 1.165) is 11.8 Å². The van der Waals surface area contributed by atoms with Gasteiger partial charge in [-0.25, -0.2) is 4.79 Å². The van der Waals surface area contributed by atoms with Crippen molar-refractivity contribution in [2.75, 3.05) is 26.5 Å². The van der Waals surface area contributed by atoms with Crippen LogP contribution < -0.4 is 0 Å². The first kappa shape index (κ1) is 11.3. The van der Waals surface area contributed by atoms with Crippen LogP contribution in [0.3, 0.4) is 0 Å². The van der Waals surface area contributed by atoms with Crippen LogP contribution in [0.4, 0.5) is 4.79 Å². The first-order valence-electron chi connectivity index (χ1n) is 3.51. The molecule has 0 aromatic carbocycles. The molecule has 5 heteroatoms. The molecule has 0 aromatic heterocycles. The molecule has 0 saturated carbocycles. The Balaban J connectivity index is 3.32. The molecule has 0 radical (unpaired) electrons. The minimum absolute atomic E-state index is 0.0379. The highest BCUT2D eigenvalue weighted by Crippen LogP contribution is 2.00. The van der Waals surface area contributed by atoms with E-state index in [9.17, 15) is 9.59 Å². The fourth-order valence-corrected chi connectivity index (χ4v) is 0.898. The van der Waals surface area contributed by atoms with Gasteiger partial charge in [0.2, 0.25) is 0 Å². The smallest absolute Gasteiger partial charge is 0.409 e. The van der Waals surface area contributed by atoms with E-state index in [1.54, 1.807) is 14.1 Å². The summed E-state index contributed by atoms with van der Waals surface area (Å²) in [7, 11) is 3.22. The first-order chi connectivity index (χ1) is 5.54. The quantitative estimate of drug-likeness (QED) is 0.623. The molecular formula is C7H13NO3S. The number of amides is 1. The normalized spacial score (nSPS) is 9.25. The molecule has 0 aliphatic heterocycles. The van der Waals surface area contributed by atoms with Crippen molar-refractivity contribution in [2.24, 2.45) is 0 Å². The second-order valence-electron chi connectivity index (χ2n) is 2.35. The number of thioether (sulfide) groups is 1. The molecule has 0 spiro atoms. The third kappa shape index (κ3) is 6.03. The molecule has 0 saturated heterocycles. The average Bonchev–Trinajstić information content (AvgIpc) is 1.97. The van der Waals surface area contributed by atoms with Crippen LogP contribution in [0.15, 0.2) is 0 Å². The summed E-state index contributed by atoms with van der Waals surface area (Å²) in [5.74, 6) is 0.523. The second-order valence-corrected chi connectivity index (χ2v) is 3.62. The maximum atomic E-state index is 10.8. The minimum Gasteiger partial charge on any atom is -0.449 e. The number of carbonyl (C=O) groups is 2. The Hall–Kier alpha value is -0.710. The van der Waals surface area contributed by atoms with Crippen molar-refractivity contribution in [2.45, 2.75) is 6.92 Å². The summed E-state index contributed by atoms with van der Waals surface area (Å²) in [5.41, 5.74) is 0. The van der Waals surface area contributed by atoms with Crippen LogP contribution in [0, 0.1) is 0 Å². The number of hydrogen-bond acceptors (Lipinski definition) is 4. The van der Waals surface area contributed by atoms with Gasteiger partial charge >= 0.3 is 6.09 Å². The maximum absolute atomic E-state index is 10.8. The lowest BCUT2D eigenvalue weighted by Crippen LogP contribution is -2.23. The number of carbonyl (C=O) groups excluding carboxylic acids is 2. The van der Waals surface area contributed by atoms with Crippen LogP contribution in [0.25, 0.3) is 0 Å². The summed E-state index contributed by atoms with van der Waals surface area (Å²) >= 11 is 1.15. The molecular weight excluding hydrogens is 178 g/mol. The summed E-state index contributed by atoms with van der Waals surface area (Å²) in [5, 5.41) is 0.0379. The van der Waals surface area contributed by atoms with Crippen LogP contribution in [-0.4, -0.2) is 42.6 Å². The fourth-order valence-electron chi connectivity index (χ4n) is 0.443. The van der Waals surface area contributed by atoms with Gasteiger partial charge in [0, 0.05) is 26.8 Å². The van der Waals surface area contributed by atoms with Gasteiger partial charge in [-0.2, -0.15) is 0 Å². The molecule has 0 fully saturated rings. The molecule has 70 valence electrons. The highest BCUT2D eigenvalue weighted by atomic mass is 32.2. The predicted molar refractivity (Wildman–Crippen MR) is 48.2 cm³/mol. The largest absolute Gasteiger partial charge is 0.449 e. The van der Waals surface area contributed by atoms with Crippen molar-refractivity contribution in [1.82, 2.24) is 4.90 Å². The summed E-state index contributed by atoms with van der Waals surface area (Å²) in [6.45, 7) is 1.76. The van der Waals surface area contributed by atoms with E-state index in [0.29, 0.717) is 5.75 Å². The van der Waals surface area contributed by atoms with Crippen LogP contribution in [0.1, 0.15) is 6.92 Å². The van der Waals surface area contributed by atoms with Crippen molar-refractivity contribution < 1.29 is 14.3 Å². The first-order valence-corrected chi connectivity index (χ1v) is 4.50. The van der Waals surface area contributed by atoms with Crippen molar-refractivity contribution >= 4 is 23.0 Å². The van der Waals surface area contributed by atoms with Gasteiger partial charge in [-0.15, -0.1) is 0 Å². The molecule has 4 nitrogen and oxygen atoms in total. The summed E-state index contributed by atoms with van der Waals surface area (Å²) in [6.07, 6.45) is -0.376. The Bertz CT molecular complexity index is 170. The Morgan fingerprint density at radius 2 is 2.00 bits per heavy atom. The Morgan fingerprint density at radius 1 is 1.42 bits per heavy atom. The van der Waals surface area contributed by atoms with Crippen molar-refractivity contribution in [3.63, 3.8) is 0 Å². The SMILES string of the molecule is CC(=O)SCCOC(=O)N(C)C. The lowest BCUT2D eigenvalue weighted by Gasteiger charge is -2.09. The van der Waals surface area contributed by atoms with Gasteiger partial charge in [0.15, 0.2) is 5.12 Å². The molecule has 0 rings (SSSR count). The van der Waals surface area contributed by atoms with Crippen LogP contribution in [0.2, 0.25) is 0 Å². The monoisotopic (exact) mass is 191 g/mol. The third-order valence-corrected chi connectivity index (χ3v) is 1.76. The number of hydrogen-bond donors (Lipinski definition) is 0. The molecule has 0 heterocycles. The van der Waals surface area contributed by atoms with Gasteiger partial charge in [-0.1, -0.05) is 11.8 Å². The topological polar surface area (TPSA) is 46.6 Å². The van der Waals surface area contributed by atoms with E-state index in [1.807, 2.05) is 0 Å². The summed E-state index contributed by atoms with van der Waals surface area (Å²) in [4.78, 5) is 22.6. The number of rotatable bonds is 3.